The van der Waals surface area contributed by atoms with E-state index in [0.29, 0.717) is 31.5 Å². The number of hydrogen-bond acceptors (Lipinski definition) is 4. The molecule has 0 aliphatic heterocycles. The van der Waals surface area contributed by atoms with Gasteiger partial charge in [-0.15, -0.1) is 0 Å². The summed E-state index contributed by atoms with van der Waals surface area (Å²) in [6.07, 6.45) is 3.63. The lowest BCUT2D eigenvalue weighted by Crippen LogP contribution is -2.40. The number of aryl methyl sites for hydroxylation is 1. The number of hydrogen-bond donors (Lipinski definition) is 3. The average molecular weight is 287 g/mol. The Kier molecular flexibility index (Phi) is 3.91. The molecule has 2 unspecified atom stereocenters. The third-order valence-corrected chi connectivity index (χ3v) is 4.77. The number of carboxylic acids is 1. The standard InChI is InChI=1S/C11H17N3O4S/c1-2-9-12-6-10(13-9)19(17,18)14-8-5-3-4-7(8)11(15)16/h6-8,14H,2-5H2,1H3,(H,12,13)(H,15,16). The highest BCUT2D eigenvalue weighted by molar-refractivity contribution is 7.89. The van der Waals surface area contributed by atoms with Crippen molar-refractivity contribution in [3.63, 3.8) is 0 Å². The highest BCUT2D eigenvalue weighted by atomic mass is 32.2. The number of aromatic nitrogens is 2. The quantitative estimate of drug-likeness (QED) is 0.730. The lowest BCUT2D eigenvalue weighted by atomic mass is 10.1. The zero-order valence-electron chi connectivity index (χ0n) is 10.6. The SMILES string of the molecule is CCc1ncc(S(=O)(=O)NC2CCCC2C(=O)O)[nH]1. The summed E-state index contributed by atoms with van der Waals surface area (Å²) in [6.45, 7) is 1.86. The lowest BCUT2D eigenvalue weighted by molar-refractivity contribution is -0.141. The summed E-state index contributed by atoms with van der Waals surface area (Å²) in [5, 5.41) is 9.02. The van der Waals surface area contributed by atoms with Crippen molar-refractivity contribution in [1.29, 1.82) is 0 Å². The van der Waals surface area contributed by atoms with Crippen LogP contribution in [0.25, 0.3) is 0 Å². The van der Waals surface area contributed by atoms with Crippen molar-refractivity contribution >= 4 is 16.0 Å². The van der Waals surface area contributed by atoms with Crippen LogP contribution in [0.2, 0.25) is 0 Å². The predicted molar refractivity (Wildman–Crippen MR) is 67.1 cm³/mol. The first kappa shape index (κ1) is 14.0. The van der Waals surface area contributed by atoms with Gasteiger partial charge in [0.15, 0.2) is 5.03 Å². The van der Waals surface area contributed by atoms with Gasteiger partial charge < -0.3 is 10.1 Å². The van der Waals surface area contributed by atoms with Crippen molar-refractivity contribution in [2.75, 3.05) is 0 Å². The van der Waals surface area contributed by atoms with Gasteiger partial charge in [0.1, 0.15) is 5.82 Å². The minimum absolute atomic E-state index is 0.0135. The molecule has 1 aromatic heterocycles. The van der Waals surface area contributed by atoms with Crippen LogP contribution in [0.1, 0.15) is 32.0 Å². The summed E-state index contributed by atoms with van der Waals surface area (Å²) < 4.78 is 26.7. The van der Waals surface area contributed by atoms with E-state index in [2.05, 4.69) is 14.7 Å². The minimum Gasteiger partial charge on any atom is -0.481 e. The molecule has 1 heterocycles. The number of H-pyrrole nitrogens is 1. The second-order valence-electron chi connectivity index (χ2n) is 4.65. The summed E-state index contributed by atoms with van der Waals surface area (Å²) in [5.74, 6) is -1.02. The summed E-state index contributed by atoms with van der Waals surface area (Å²) in [6, 6.07) is -0.545. The van der Waals surface area contributed by atoms with Crippen LogP contribution in [0.3, 0.4) is 0 Å². The van der Waals surface area contributed by atoms with Crippen LogP contribution >= 0.6 is 0 Å². The van der Waals surface area contributed by atoms with E-state index in [9.17, 15) is 13.2 Å². The smallest absolute Gasteiger partial charge is 0.308 e. The van der Waals surface area contributed by atoms with Crippen LogP contribution < -0.4 is 4.72 Å². The van der Waals surface area contributed by atoms with Crippen molar-refractivity contribution in [1.82, 2.24) is 14.7 Å². The highest BCUT2D eigenvalue weighted by Crippen LogP contribution is 2.27. The van der Waals surface area contributed by atoms with Gasteiger partial charge in [0, 0.05) is 12.5 Å². The fraction of sp³-hybridized carbons (Fsp3) is 0.636. The fourth-order valence-corrected chi connectivity index (χ4v) is 3.57. The number of carbonyl (C=O) groups is 1. The van der Waals surface area contributed by atoms with E-state index in [1.807, 2.05) is 6.92 Å². The highest BCUT2D eigenvalue weighted by Gasteiger charge is 2.36. The predicted octanol–water partition coefficient (Wildman–Crippen LogP) is 0.504. The summed E-state index contributed by atoms with van der Waals surface area (Å²) in [4.78, 5) is 17.7. The third-order valence-electron chi connectivity index (χ3n) is 3.37. The van der Waals surface area contributed by atoms with E-state index in [1.54, 1.807) is 0 Å². The molecule has 0 saturated heterocycles. The Labute approximate surface area is 111 Å². The molecule has 1 saturated carbocycles. The van der Waals surface area contributed by atoms with Crippen LogP contribution in [0, 0.1) is 5.92 Å². The number of sulfonamides is 1. The van der Waals surface area contributed by atoms with Crippen LogP contribution in [0.15, 0.2) is 11.2 Å². The Morgan fingerprint density at radius 3 is 2.89 bits per heavy atom. The van der Waals surface area contributed by atoms with E-state index in [1.165, 1.54) is 6.20 Å². The van der Waals surface area contributed by atoms with Crippen molar-refractivity contribution in [3.8, 4) is 0 Å². The molecule has 7 nitrogen and oxygen atoms in total. The number of imidazole rings is 1. The van der Waals surface area contributed by atoms with Gasteiger partial charge in [-0.2, -0.15) is 0 Å². The van der Waals surface area contributed by atoms with Gasteiger partial charge in [0.25, 0.3) is 10.0 Å². The molecule has 1 fully saturated rings. The summed E-state index contributed by atoms with van der Waals surface area (Å²) >= 11 is 0. The number of nitrogens with one attached hydrogen (secondary N) is 2. The van der Waals surface area contributed by atoms with Crippen molar-refractivity contribution in [2.24, 2.45) is 5.92 Å². The first-order valence-electron chi connectivity index (χ1n) is 6.23. The molecule has 0 spiro atoms. The second kappa shape index (κ2) is 5.30. The summed E-state index contributed by atoms with van der Waals surface area (Å²) in [5.41, 5.74) is 0. The molecule has 19 heavy (non-hydrogen) atoms. The first-order chi connectivity index (χ1) is 8.94. The van der Waals surface area contributed by atoms with Gasteiger partial charge in [-0.05, 0) is 12.8 Å². The van der Waals surface area contributed by atoms with Gasteiger partial charge in [-0.25, -0.2) is 18.1 Å². The first-order valence-corrected chi connectivity index (χ1v) is 7.71. The van der Waals surface area contributed by atoms with Crippen LogP contribution in [-0.4, -0.2) is 35.5 Å². The number of aromatic amines is 1. The lowest BCUT2D eigenvalue weighted by Gasteiger charge is -2.16. The minimum atomic E-state index is -3.73. The molecule has 0 amide bonds. The van der Waals surface area contributed by atoms with Crippen LogP contribution in [-0.2, 0) is 21.2 Å². The third kappa shape index (κ3) is 2.95. The Hall–Kier alpha value is -1.41. The molecule has 1 aliphatic rings. The Morgan fingerprint density at radius 1 is 1.58 bits per heavy atom. The topological polar surface area (TPSA) is 112 Å². The van der Waals surface area contributed by atoms with Crippen LogP contribution in [0.4, 0.5) is 0 Å². The average Bonchev–Trinajstić information content (AvgIpc) is 2.95. The number of carboxylic acid groups (broad SMARTS) is 1. The van der Waals surface area contributed by atoms with Gasteiger partial charge >= 0.3 is 5.97 Å². The molecule has 1 aliphatic carbocycles. The number of nitrogens with zero attached hydrogens (tertiary/aromatic N) is 1. The molecule has 8 heteroatoms. The van der Waals surface area contributed by atoms with E-state index in [0.717, 1.165) is 0 Å². The Balaban J connectivity index is 2.15. The van der Waals surface area contributed by atoms with Crippen molar-refractivity contribution < 1.29 is 18.3 Å². The Morgan fingerprint density at radius 2 is 2.32 bits per heavy atom. The summed E-state index contributed by atoms with van der Waals surface area (Å²) in [7, 11) is -3.73. The molecular formula is C11H17N3O4S. The molecule has 2 atom stereocenters. The van der Waals surface area contributed by atoms with Gasteiger partial charge in [-0.1, -0.05) is 13.3 Å². The molecule has 1 aromatic rings. The second-order valence-corrected chi connectivity index (χ2v) is 6.33. The maximum absolute atomic E-state index is 12.1. The van der Waals surface area contributed by atoms with E-state index >= 15 is 0 Å². The van der Waals surface area contributed by atoms with E-state index < -0.39 is 28.0 Å². The molecule has 3 N–H and O–H groups in total. The zero-order chi connectivity index (χ0) is 14.0. The van der Waals surface area contributed by atoms with Gasteiger partial charge in [-0.3, -0.25) is 4.79 Å². The largest absolute Gasteiger partial charge is 0.481 e. The monoisotopic (exact) mass is 287 g/mol. The fourth-order valence-electron chi connectivity index (χ4n) is 2.32. The molecule has 2 rings (SSSR count). The molecular weight excluding hydrogens is 270 g/mol. The zero-order valence-corrected chi connectivity index (χ0v) is 11.4. The Bertz CT molecular complexity index is 566. The van der Waals surface area contributed by atoms with Crippen molar-refractivity contribution in [3.05, 3.63) is 12.0 Å². The number of rotatable bonds is 5. The number of aliphatic carboxylic acids is 1. The molecule has 0 bridgehead atoms. The maximum Gasteiger partial charge on any atom is 0.308 e. The van der Waals surface area contributed by atoms with Gasteiger partial charge in [0.2, 0.25) is 0 Å². The normalized spacial score (nSPS) is 23.6. The van der Waals surface area contributed by atoms with E-state index in [4.69, 9.17) is 5.11 Å². The van der Waals surface area contributed by atoms with Crippen LogP contribution in [0.5, 0.6) is 0 Å². The van der Waals surface area contributed by atoms with Crippen molar-refractivity contribution in [2.45, 2.75) is 43.7 Å². The van der Waals surface area contributed by atoms with Gasteiger partial charge in [0.05, 0.1) is 12.1 Å². The maximum atomic E-state index is 12.1. The molecule has 106 valence electrons. The van der Waals surface area contributed by atoms with E-state index in [-0.39, 0.29) is 5.03 Å². The molecule has 0 aromatic carbocycles. The molecule has 0 radical (unpaired) electrons.